The number of amides is 1. The minimum absolute atomic E-state index is 0.184. The second kappa shape index (κ2) is 5.34. The molecule has 0 spiro atoms. The number of hydrogen-bond donors (Lipinski definition) is 2. The van der Waals surface area contributed by atoms with Crippen LogP contribution in [0, 0.1) is 5.92 Å². The lowest BCUT2D eigenvalue weighted by Crippen LogP contribution is -2.36. The molecule has 5 heteroatoms. The van der Waals surface area contributed by atoms with Crippen LogP contribution in [0.15, 0.2) is 18.5 Å². The molecule has 88 valence electrons. The van der Waals surface area contributed by atoms with Gasteiger partial charge in [-0.15, -0.1) is 0 Å². The molecule has 0 fully saturated rings. The van der Waals surface area contributed by atoms with E-state index >= 15 is 0 Å². The quantitative estimate of drug-likeness (QED) is 0.764. The molecule has 0 atom stereocenters. The molecular weight excluding hydrogens is 204 g/mol. The number of nitrogens with two attached hydrogens (primary N) is 2. The molecule has 1 aromatic heterocycles. The largest absolute Gasteiger partial charge is 0.397 e. The van der Waals surface area contributed by atoms with Gasteiger partial charge in [0.05, 0.1) is 24.1 Å². The van der Waals surface area contributed by atoms with Crippen LogP contribution in [0.25, 0.3) is 0 Å². The first-order chi connectivity index (χ1) is 7.49. The van der Waals surface area contributed by atoms with Gasteiger partial charge in [0.1, 0.15) is 0 Å². The fourth-order valence-corrected chi connectivity index (χ4v) is 1.51. The first-order valence-corrected chi connectivity index (χ1v) is 5.23. The SMILES string of the molecule is CC(C)CN(CC(N)=O)c1cncc(N)c1. The number of anilines is 2. The highest BCUT2D eigenvalue weighted by atomic mass is 16.1. The van der Waals surface area contributed by atoms with Crippen LogP contribution in [0.4, 0.5) is 11.4 Å². The van der Waals surface area contributed by atoms with E-state index in [9.17, 15) is 4.79 Å². The van der Waals surface area contributed by atoms with Gasteiger partial charge in [-0.3, -0.25) is 9.78 Å². The average molecular weight is 222 g/mol. The maximum atomic E-state index is 11.0. The van der Waals surface area contributed by atoms with Crippen molar-refractivity contribution in [2.75, 3.05) is 23.7 Å². The number of primary amides is 1. The zero-order chi connectivity index (χ0) is 12.1. The van der Waals surface area contributed by atoms with Gasteiger partial charge in [0.2, 0.25) is 5.91 Å². The van der Waals surface area contributed by atoms with Crippen molar-refractivity contribution < 1.29 is 4.79 Å². The molecule has 0 radical (unpaired) electrons. The minimum Gasteiger partial charge on any atom is -0.397 e. The molecule has 0 aliphatic carbocycles. The van der Waals surface area contributed by atoms with Gasteiger partial charge in [0, 0.05) is 12.7 Å². The van der Waals surface area contributed by atoms with Crippen molar-refractivity contribution in [3.63, 3.8) is 0 Å². The predicted octanol–water partition coefficient (Wildman–Crippen LogP) is 0.611. The summed E-state index contributed by atoms with van der Waals surface area (Å²) in [6.45, 7) is 5.08. The number of carbonyl (C=O) groups is 1. The summed E-state index contributed by atoms with van der Waals surface area (Å²) in [5, 5.41) is 0. The van der Waals surface area contributed by atoms with Gasteiger partial charge in [0.15, 0.2) is 0 Å². The maximum absolute atomic E-state index is 11.0. The van der Waals surface area contributed by atoms with E-state index in [4.69, 9.17) is 11.5 Å². The summed E-state index contributed by atoms with van der Waals surface area (Å²) >= 11 is 0. The van der Waals surface area contributed by atoms with Gasteiger partial charge in [0.25, 0.3) is 0 Å². The van der Waals surface area contributed by atoms with Crippen LogP contribution in [0.3, 0.4) is 0 Å². The van der Waals surface area contributed by atoms with Gasteiger partial charge in [-0.25, -0.2) is 0 Å². The third kappa shape index (κ3) is 3.76. The molecule has 0 aliphatic heterocycles. The monoisotopic (exact) mass is 222 g/mol. The lowest BCUT2D eigenvalue weighted by molar-refractivity contribution is -0.116. The van der Waals surface area contributed by atoms with Crippen molar-refractivity contribution in [2.24, 2.45) is 11.7 Å². The molecule has 5 nitrogen and oxygen atoms in total. The van der Waals surface area contributed by atoms with Gasteiger partial charge >= 0.3 is 0 Å². The van der Waals surface area contributed by atoms with E-state index in [1.54, 1.807) is 18.5 Å². The summed E-state index contributed by atoms with van der Waals surface area (Å²) < 4.78 is 0. The zero-order valence-electron chi connectivity index (χ0n) is 9.68. The van der Waals surface area contributed by atoms with Crippen LogP contribution < -0.4 is 16.4 Å². The molecule has 1 heterocycles. The molecule has 0 saturated heterocycles. The van der Waals surface area contributed by atoms with E-state index in [1.807, 2.05) is 4.90 Å². The first kappa shape index (κ1) is 12.3. The van der Waals surface area contributed by atoms with Crippen molar-refractivity contribution in [3.05, 3.63) is 18.5 Å². The standard InChI is InChI=1S/C11H18N4O/c1-8(2)6-15(7-11(13)16)10-3-9(12)4-14-5-10/h3-5,8H,6-7,12H2,1-2H3,(H2,13,16). The molecule has 0 saturated carbocycles. The number of carbonyl (C=O) groups excluding carboxylic acids is 1. The molecule has 16 heavy (non-hydrogen) atoms. The van der Waals surface area contributed by atoms with Crippen molar-refractivity contribution in [2.45, 2.75) is 13.8 Å². The highest BCUT2D eigenvalue weighted by molar-refractivity contribution is 5.79. The van der Waals surface area contributed by atoms with Gasteiger partial charge in [-0.05, 0) is 12.0 Å². The molecule has 1 rings (SSSR count). The van der Waals surface area contributed by atoms with Crippen LogP contribution in [0.2, 0.25) is 0 Å². The fraction of sp³-hybridized carbons (Fsp3) is 0.455. The normalized spacial score (nSPS) is 10.4. The summed E-state index contributed by atoms with van der Waals surface area (Å²) in [5.74, 6) is 0.0730. The Hall–Kier alpha value is -1.78. The topological polar surface area (TPSA) is 85.2 Å². The second-order valence-electron chi connectivity index (χ2n) is 4.22. The van der Waals surface area contributed by atoms with E-state index in [0.717, 1.165) is 12.2 Å². The molecule has 0 aliphatic rings. The molecular formula is C11H18N4O. The third-order valence-electron chi connectivity index (χ3n) is 2.04. The van der Waals surface area contributed by atoms with Crippen molar-refractivity contribution >= 4 is 17.3 Å². The minimum atomic E-state index is -0.358. The van der Waals surface area contributed by atoms with Gasteiger partial charge < -0.3 is 16.4 Å². The summed E-state index contributed by atoms with van der Waals surface area (Å²) in [7, 11) is 0. The van der Waals surface area contributed by atoms with Crippen LogP contribution in [0.5, 0.6) is 0 Å². The Labute approximate surface area is 95.4 Å². The lowest BCUT2D eigenvalue weighted by Gasteiger charge is -2.25. The van der Waals surface area contributed by atoms with E-state index in [2.05, 4.69) is 18.8 Å². The summed E-state index contributed by atoms with van der Waals surface area (Å²) in [5.41, 5.74) is 12.3. The van der Waals surface area contributed by atoms with E-state index in [1.165, 1.54) is 0 Å². The maximum Gasteiger partial charge on any atom is 0.236 e. The highest BCUT2D eigenvalue weighted by Crippen LogP contribution is 2.16. The Morgan fingerprint density at radius 3 is 2.69 bits per heavy atom. The van der Waals surface area contributed by atoms with Crippen LogP contribution in [-0.4, -0.2) is 24.0 Å². The number of aromatic nitrogens is 1. The zero-order valence-corrected chi connectivity index (χ0v) is 9.68. The van der Waals surface area contributed by atoms with Crippen molar-refractivity contribution in [3.8, 4) is 0 Å². The number of nitrogen functional groups attached to an aromatic ring is 1. The van der Waals surface area contributed by atoms with Gasteiger partial charge in [-0.1, -0.05) is 13.8 Å². The third-order valence-corrected chi connectivity index (χ3v) is 2.04. The average Bonchev–Trinajstić information content (AvgIpc) is 2.15. The predicted molar refractivity (Wildman–Crippen MR) is 64.9 cm³/mol. The first-order valence-electron chi connectivity index (χ1n) is 5.23. The molecule has 0 bridgehead atoms. The van der Waals surface area contributed by atoms with E-state index in [-0.39, 0.29) is 12.5 Å². The Bertz CT molecular complexity index is 365. The van der Waals surface area contributed by atoms with Gasteiger partial charge in [-0.2, -0.15) is 0 Å². The van der Waals surface area contributed by atoms with E-state index < -0.39 is 0 Å². The smallest absolute Gasteiger partial charge is 0.236 e. The number of hydrogen-bond acceptors (Lipinski definition) is 4. The number of pyridine rings is 1. The molecule has 0 unspecified atom stereocenters. The molecule has 0 aromatic carbocycles. The summed E-state index contributed by atoms with van der Waals surface area (Å²) in [6, 6.07) is 1.79. The lowest BCUT2D eigenvalue weighted by atomic mass is 10.2. The summed E-state index contributed by atoms with van der Waals surface area (Å²) in [6.07, 6.45) is 3.25. The molecule has 4 N–H and O–H groups in total. The molecule has 1 amide bonds. The van der Waals surface area contributed by atoms with Crippen LogP contribution >= 0.6 is 0 Å². The fourth-order valence-electron chi connectivity index (χ4n) is 1.51. The Balaban J connectivity index is 2.86. The Morgan fingerprint density at radius 1 is 1.50 bits per heavy atom. The van der Waals surface area contributed by atoms with Crippen LogP contribution in [0.1, 0.15) is 13.8 Å². The number of nitrogens with zero attached hydrogens (tertiary/aromatic N) is 2. The highest BCUT2D eigenvalue weighted by Gasteiger charge is 2.11. The van der Waals surface area contributed by atoms with Crippen LogP contribution in [-0.2, 0) is 4.79 Å². The molecule has 1 aromatic rings. The van der Waals surface area contributed by atoms with E-state index in [0.29, 0.717) is 11.6 Å². The Kier molecular flexibility index (Phi) is 4.10. The summed E-state index contributed by atoms with van der Waals surface area (Å²) in [4.78, 5) is 16.9. The second-order valence-corrected chi connectivity index (χ2v) is 4.22. The Morgan fingerprint density at radius 2 is 2.19 bits per heavy atom. The number of rotatable bonds is 5. The van der Waals surface area contributed by atoms with Crippen molar-refractivity contribution in [1.29, 1.82) is 0 Å². The van der Waals surface area contributed by atoms with Crippen molar-refractivity contribution in [1.82, 2.24) is 4.98 Å².